The number of nitrogens with one attached hydrogen (secondary N) is 2. The van der Waals surface area contributed by atoms with Gasteiger partial charge in [-0.1, -0.05) is 13.0 Å². The van der Waals surface area contributed by atoms with Crippen molar-refractivity contribution < 1.29 is 19.5 Å². The number of anilines is 1. The van der Waals surface area contributed by atoms with Crippen LogP contribution in [0.25, 0.3) is 0 Å². The maximum Gasteiger partial charge on any atom is 0.303 e. The van der Waals surface area contributed by atoms with Crippen LogP contribution in [-0.2, 0) is 9.59 Å². The summed E-state index contributed by atoms with van der Waals surface area (Å²) in [5, 5.41) is 13.8. The zero-order valence-corrected chi connectivity index (χ0v) is 11.5. The molecule has 0 saturated heterocycles. The van der Waals surface area contributed by atoms with Gasteiger partial charge in [-0.3, -0.25) is 14.4 Å². The van der Waals surface area contributed by atoms with Crippen LogP contribution in [0.5, 0.6) is 0 Å². The van der Waals surface area contributed by atoms with E-state index in [1.165, 1.54) is 7.05 Å². The predicted molar refractivity (Wildman–Crippen MR) is 74.5 cm³/mol. The minimum absolute atomic E-state index is 0.0499. The van der Waals surface area contributed by atoms with E-state index in [1.54, 1.807) is 31.2 Å². The van der Waals surface area contributed by atoms with Crippen LogP contribution < -0.4 is 10.6 Å². The number of carbonyl (C=O) groups is 3. The first kappa shape index (κ1) is 15.7. The smallest absolute Gasteiger partial charge is 0.303 e. The average molecular weight is 278 g/mol. The number of carboxylic acid groups (broad SMARTS) is 1. The summed E-state index contributed by atoms with van der Waals surface area (Å²) in [7, 11) is 1.53. The molecule has 1 unspecified atom stereocenters. The minimum Gasteiger partial charge on any atom is -0.481 e. The molecule has 0 aliphatic carbocycles. The molecule has 2 amide bonds. The summed E-state index contributed by atoms with van der Waals surface area (Å²) < 4.78 is 0. The number of hydrogen-bond donors (Lipinski definition) is 3. The van der Waals surface area contributed by atoms with Gasteiger partial charge < -0.3 is 15.7 Å². The largest absolute Gasteiger partial charge is 0.481 e. The highest BCUT2D eigenvalue weighted by atomic mass is 16.4. The monoisotopic (exact) mass is 278 g/mol. The second kappa shape index (κ2) is 7.28. The molecule has 0 radical (unpaired) electrons. The van der Waals surface area contributed by atoms with E-state index in [0.717, 1.165) is 0 Å². The molecular formula is C14H18N2O4. The fraction of sp³-hybridized carbons (Fsp3) is 0.357. The third-order valence-corrected chi connectivity index (χ3v) is 2.69. The number of carboxylic acids is 1. The summed E-state index contributed by atoms with van der Waals surface area (Å²) in [6.07, 6.45) is 0.0716. The third kappa shape index (κ3) is 5.09. The molecule has 1 atom stereocenters. The summed E-state index contributed by atoms with van der Waals surface area (Å²) >= 11 is 0. The maximum atomic E-state index is 11.8. The molecule has 0 fully saturated rings. The SMILES string of the molecule is CNC(=O)c1cccc(NC(=O)CC(C)CC(=O)O)c1. The second-order valence-electron chi connectivity index (χ2n) is 4.62. The lowest BCUT2D eigenvalue weighted by Gasteiger charge is -2.10. The predicted octanol–water partition coefficient (Wildman–Crippen LogP) is 1.49. The summed E-state index contributed by atoms with van der Waals surface area (Å²) in [4.78, 5) is 33.7. The van der Waals surface area contributed by atoms with Crippen LogP contribution in [0.2, 0.25) is 0 Å². The molecule has 0 aliphatic rings. The summed E-state index contributed by atoms with van der Waals surface area (Å²) in [5.41, 5.74) is 0.961. The van der Waals surface area contributed by atoms with Gasteiger partial charge in [-0.25, -0.2) is 0 Å². The Bertz CT molecular complexity index is 514. The zero-order valence-electron chi connectivity index (χ0n) is 11.5. The van der Waals surface area contributed by atoms with E-state index in [2.05, 4.69) is 10.6 Å². The molecule has 0 heterocycles. The zero-order chi connectivity index (χ0) is 15.1. The molecule has 0 bridgehead atoms. The Balaban J connectivity index is 2.62. The van der Waals surface area contributed by atoms with Gasteiger partial charge in [0.1, 0.15) is 0 Å². The molecule has 0 aliphatic heterocycles. The standard InChI is InChI=1S/C14H18N2O4/c1-9(7-13(18)19)6-12(17)16-11-5-3-4-10(8-11)14(20)15-2/h3-5,8-9H,6-7H2,1-2H3,(H,15,20)(H,16,17)(H,18,19). The average Bonchev–Trinajstić information content (AvgIpc) is 2.36. The number of amides is 2. The normalized spacial score (nSPS) is 11.5. The van der Waals surface area contributed by atoms with Gasteiger partial charge in [0.2, 0.25) is 5.91 Å². The maximum absolute atomic E-state index is 11.8. The third-order valence-electron chi connectivity index (χ3n) is 2.69. The summed E-state index contributed by atoms with van der Waals surface area (Å²) in [6.45, 7) is 1.70. The molecule has 1 rings (SSSR count). The van der Waals surface area contributed by atoms with Crippen molar-refractivity contribution in [2.75, 3.05) is 12.4 Å². The Labute approximate surface area is 117 Å². The Morgan fingerprint density at radius 3 is 2.55 bits per heavy atom. The van der Waals surface area contributed by atoms with Crippen LogP contribution >= 0.6 is 0 Å². The molecule has 6 nitrogen and oxygen atoms in total. The first-order valence-corrected chi connectivity index (χ1v) is 6.26. The van der Waals surface area contributed by atoms with Crippen molar-refractivity contribution in [2.24, 2.45) is 5.92 Å². The second-order valence-corrected chi connectivity index (χ2v) is 4.62. The highest BCUT2D eigenvalue weighted by Gasteiger charge is 2.13. The topological polar surface area (TPSA) is 95.5 Å². The number of benzene rings is 1. The van der Waals surface area contributed by atoms with Crippen LogP contribution in [0.4, 0.5) is 5.69 Å². The van der Waals surface area contributed by atoms with Crippen molar-refractivity contribution in [3.8, 4) is 0 Å². The molecule has 0 spiro atoms. The lowest BCUT2D eigenvalue weighted by molar-refractivity contribution is -0.138. The Morgan fingerprint density at radius 2 is 1.95 bits per heavy atom. The van der Waals surface area contributed by atoms with Gasteiger partial charge in [0.15, 0.2) is 0 Å². The molecule has 0 saturated carbocycles. The molecule has 0 aromatic heterocycles. The van der Waals surface area contributed by atoms with Crippen LogP contribution in [0, 0.1) is 5.92 Å². The Kier molecular flexibility index (Phi) is 5.71. The van der Waals surface area contributed by atoms with E-state index >= 15 is 0 Å². The molecule has 1 aromatic rings. The number of hydrogen-bond acceptors (Lipinski definition) is 3. The van der Waals surface area contributed by atoms with Gasteiger partial charge in [-0.15, -0.1) is 0 Å². The van der Waals surface area contributed by atoms with Gasteiger partial charge in [-0.2, -0.15) is 0 Å². The van der Waals surface area contributed by atoms with E-state index < -0.39 is 5.97 Å². The molecule has 1 aromatic carbocycles. The van der Waals surface area contributed by atoms with Crippen molar-refractivity contribution in [1.29, 1.82) is 0 Å². The fourth-order valence-electron chi connectivity index (χ4n) is 1.78. The molecule has 3 N–H and O–H groups in total. The lowest BCUT2D eigenvalue weighted by Crippen LogP contribution is -2.19. The highest BCUT2D eigenvalue weighted by molar-refractivity contribution is 5.97. The van der Waals surface area contributed by atoms with Crippen LogP contribution in [0.3, 0.4) is 0 Å². The number of aliphatic carboxylic acids is 1. The summed E-state index contributed by atoms with van der Waals surface area (Å²) in [5.74, 6) is -1.67. The van der Waals surface area contributed by atoms with Crippen molar-refractivity contribution in [2.45, 2.75) is 19.8 Å². The molecule has 108 valence electrons. The van der Waals surface area contributed by atoms with Gasteiger partial charge >= 0.3 is 5.97 Å². The van der Waals surface area contributed by atoms with Crippen LogP contribution in [-0.4, -0.2) is 29.9 Å². The quantitative estimate of drug-likeness (QED) is 0.734. The van der Waals surface area contributed by atoms with Gasteiger partial charge in [0.05, 0.1) is 0 Å². The first-order chi connectivity index (χ1) is 9.42. The van der Waals surface area contributed by atoms with Gasteiger partial charge in [-0.05, 0) is 24.1 Å². The van der Waals surface area contributed by atoms with E-state index in [0.29, 0.717) is 11.3 Å². The van der Waals surface area contributed by atoms with Gasteiger partial charge in [0, 0.05) is 31.1 Å². The van der Waals surface area contributed by atoms with Crippen molar-refractivity contribution in [1.82, 2.24) is 5.32 Å². The minimum atomic E-state index is -0.924. The molecule has 20 heavy (non-hydrogen) atoms. The Morgan fingerprint density at radius 1 is 1.25 bits per heavy atom. The van der Waals surface area contributed by atoms with E-state index in [4.69, 9.17) is 5.11 Å². The van der Waals surface area contributed by atoms with E-state index in [-0.39, 0.29) is 30.6 Å². The molecule has 6 heteroatoms. The lowest BCUT2D eigenvalue weighted by atomic mass is 10.0. The molecular weight excluding hydrogens is 260 g/mol. The van der Waals surface area contributed by atoms with E-state index in [9.17, 15) is 14.4 Å². The number of carbonyl (C=O) groups excluding carboxylic acids is 2. The van der Waals surface area contributed by atoms with Gasteiger partial charge in [0.25, 0.3) is 5.91 Å². The highest BCUT2D eigenvalue weighted by Crippen LogP contribution is 2.13. The van der Waals surface area contributed by atoms with Crippen molar-refractivity contribution >= 4 is 23.5 Å². The van der Waals surface area contributed by atoms with E-state index in [1.807, 2.05) is 0 Å². The number of rotatable bonds is 6. The fourth-order valence-corrected chi connectivity index (χ4v) is 1.78. The Hall–Kier alpha value is -2.37. The van der Waals surface area contributed by atoms with Crippen LogP contribution in [0.15, 0.2) is 24.3 Å². The first-order valence-electron chi connectivity index (χ1n) is 6.26. The van der Waals surface area contributed by atoms with Crippen molar-refractivity contribution in [3.05, 3.63) is 29.8 Å². The van der Waals surface area contributed by atoms with Crippen LogP contribution in [0.1, 0.15) is 30.1 Å². The summed E-state index contributed by atoms with van der Waals surface area (Å²) in [6, 6.07) is 6.55. The van der Waals surface area contributed by atoms with Crippen molar-refractivity contribution in [3.63, 3.8) is 0 Å².